The molecule has 3 aromatic heterocycles. The van der Waals surface area contributed by atoms with Crippen molar-refractivity contribution in [2.75, 3.05) is 32.9 Å². The summed E-state index contributed by atoms with van der Waals surface area (Å²) in [5.74, 6) is 1.52. The smallest absolute Gasteiger partial charge is 0.145 e. The molecule has 190 valence electrons. The van der Waals surface area contributed by atoms with Gasteiger partial charge in [0.2, 0.25) is 0 Å². The van der Waals surface area contributed by atoms with Crippen LogP contribution in [0.2, 0.25) is 25.7 Å². The molecule has 4 aromatic rings. The Labute approximate surface area is 213 Å². The number of morpholine rings is 1. The number of hydrogen-bond donors (Lipinski definition) is 0. The molecule has 36 heavy (non-hydrogen) atoms. The van der Waals surface area contributed by atoms with Crippen LogP contribution >= 0.6 is 0 Å². The second-order valence-electron chi connectivity index (χ2n) is 10.4. The highest BCUT2D eigenvalue weighted by Gasteiger charge is 2.14. The number of hydrogen-bond acceptors (Lipinski definition) is 6. The van der Waals surface area contributed by atoms with Crippen LogP contribution < -0.4 is 4.74 Å². The van der Waals surface area contributed by atoms with Gasteiger partial charge in [0.25, 0.3) is 0 Å². The standard InChI is InChI=1S/C27H35N5O3Si/c1-36(2,3)17-16-34-21-32-27(10-11-28-32)22-4-7-25(8-5-22)35-26-9-6-24-18-23(29-31(24)20-26)19-30-12-14-33-15-13-30/h4-11,18,20H,12-17,19,21H2,1-3H3. The van der Waals surface area contributed by atoms with Crippen LogP contribution in [0.15, 0.2) is 60.9 Å². The second-order valence-corrected chi connectivity index (χ2v) is 16.1. The molecule has 0 aliphatic carbocycles. The van der Waals surface area contributed by atoms with E-state index in [-0.39, 0.29) is 0 Å². The highest BCUT2D eigenvalue weighted by Crippen LogP contribution is 2.26. The number of rotatable bonds is 10. The Hall–Kier alpha value is -2.98. The number of ether oxygens (including phenoxy) is 3. The zero-order valence-electron chi connectivity index (χ0n) is 21.4. The largest absolute Gasteiger partial charge is 0.456 e. The average Bonchev–Trinajstić information content (AvgIpc) is 3.49. The van der Waals surface area contributed by atoms with Gasteiger partial charge in [-0.05, 0) is 54.6 Å². The lowest BCUT2D eigenvalue weighted by atomic mass is 10.1. The van der Waals surface area contributed by atoms with Crippen molar-refractivity contribution in [1.29, 1.82) is 0 Å². The Morgan fingerprint density at radius 3 is 2.53 bits per heavy atom. The molecule has 0 unspecified atom stereocenters. The van der Waals surface area contributed by atoms with E-state index in [9.17, 15) is 0 Å². The number of benzene rings is 1. The van der Waals surface area contributed by atoms with Gasteiger partial charge >= 0.3 is 0 Å². The van der Waals surface area contributed by atoms with E-state index in [0.29, 0.717) is 6.73 Å². The van der Waals surface area contributed by atoms with Crippen molar-refractivity contribution < 1.29 is 14.2 Å². The van der Waals surface area contributed by atoms with E-state index in [1.807, 2.05) is 51.9 Å². The van der Waals surface area contributed by atoms with Crippen molar-refractivity contribution in [2.45, 2.75) is 39.0 Å². The maximum Gasteiger partial charge on any atom is 0.145 e. The fraction of sp³-hybridized carbons (Fsp3) is 0.407. The number of aromatic nitrogens is 4. The van der Waals surface area contributed by atoms with Crippen LogP contribution in [0.25, 0.3) is 16.8 Å². The van der Waals surface area contributed by atoms with Gasteiger partial charge in [0.1, 0.15) is 18.2 Å². The molecule has 1 aliphatic rings. The van der Waals surface area contributed by atoms with Crippen molar-refractivity contribution in [1.82, 2.24) is 24.3 Å². The van der Waals surface area contributed by atoms with Crippen molar-refractivity contribution in [3.63, 3.8) is 0 Å². The first kappa shape index (κ1) is 24.7. The summed E-state index contributed by atoms with van der Waals surface area (Å²) in [5, 5.41) is 9.18. The van der Waals surface area contributed by atoms with Gasteiger partial charge in [-0.3, -0.25) is 4.90 Å². The Kier molecular flexibility index (Phi) is 7.52. The highest BCUT2D eigenvalue weighted by molar-refractivity contribution is 6.76. The Bertz CT molecular complexity index is 1270. The molecule has 1 aromatic carbocycles. The Balaban J connectivity index is 1.21. The van der Waals surface area contributed by atoms with Crippen molar-refractivity contribution in [3.05, 3.63) is 66.6 Å². The fourth-order valence-corrected chi connectivity index (χ4v) is 4.94. The number of pyridine rings is 1. The first-order valence-corrected chi connectivity index (χ1v) is 16.3. The topological polar surface area (TPSA) is 66.0 Å². The van der Waals surface area contributed by atoms with Gasteiger partial charge in [-0.2, -0.15) is 10.2 Å². The van der Waals surface area contributed by atoms with Crippen LogP contribution in [0.4, 0.5) is 0 Å². The minimum absolute atomic E-state index is 0.461. The summed E-state index contributed by atoms with van der Waals surface area (Å²) in [6.45, 7) is 12.6. The van der Waals surface area contributed by atoms with Gasteiger partial charge in [0, 0.05) is 46.1 Å². The third-order valence-corrected chi connectivity index (χ3v) is 7.99. The molecule has 0 amide bonds. The van der Waals surface area contributed by atoms with Crippen LogP contribution in [0.3, 0.4) is 0 Å². The van der Waals surface area contributed by atoms with Gasteiger partial charge in [-0.15, -0.1) is 0 Å². The van der Waals surface area contributed by atoms with E-state index in [0.717, 1.165) is 79.5 Å². The summed E-state index contributed by atoms with van der Waals surface area (Å²) >= 11 is 0. The molecule has 5 rings (SSSR count). The molecular weight excluding hydrogens is 470 g/mol. The molecule has 4 heterocycles. The quantitative estimate of drug-likeness (QED) is 0.220. The molecular formula is C27H35N5O3Si. The van der Waals surface area contributed by atoms with Crippen LogP contribution in [0, 0.1) is 0 Å². The van der Waals surface area contributed by atoms with Crippen LogP contribution in [-0.4, -0.2) is 65.3 Å². The monoisotopic (exact) mass is 505 g/mol. The first-order chi connectivity index (χ1) is 17.4. The van der Waals surface area contributed by atoms with Crippen LogP contribution in [-0.2, 0) is 22.7 Å². The summed E-state index contributed by atoms with van der Waals surface area (Å²) in [6.07, 6.45) is 3.74. The lowest BCUT2D eigenvalue weighted by Gasteiger charge is -2.25. The molecule has 0 atom stereocenters. The minimum atomic E-state index is -1.10. The lowest BCUT2D eigenvalue weighted by molar-refractivity contribution is 0.0336. The van der Waals surface area contributed by atoms with Gasteiger partial charge in [0.05, 0.1) is 36.3 Å². The zero-order valence-corrected chi connectivity index (χ0v) is 22.4. The van der Waals surface area contributed by atoms with Gasteiger partial charge in [-0.1, -0.05) is 19.6 Å². The molecule has 1 fully saturated rings. The molecule has 0 radical (unpaired) electrons. The SMILES string of the molecule is C[Si](C)(C)CCOCn1nccc1-c1ccc(Oc2ccc3cc(CN4CCOCC4)nn3c2)cc1. The normalized spacial score (nSPS) is 15.0. The second kappa shape index (κ2) is 11.0. The van der Waals surface area contributed by atoms with E-state index in [1.54, 1.807) is 0 Å². The maximum absolute atomic E-state index is 6.13. The molecule has 0 saturated carbocycles. The molecule has 1 aliphatic heterocycles. The summed E-state index contributed by atoms with van der Waals surface area (Å²) in [4.78, 5) is 2.37. The highest BCUT2D eigenvalue weighted by atomic mass is 28.3. The third-order valence-electron chi connectivity index (χ3n) is 6.28. The molecule has 0 spiro atoms. The van der Waals surface area contributed by atoms with Crippen LogP contribution in [0.5, 0.6) is 11.5 Å². The predicted molar refractivity (Wildman–Crippen MR) is 143 cm³/mol. The lowest BCUT2D eigenvalue weighted by Crippen LogP contribution is -2.35. The Morgan fingerprint density at radius 2 is 1.75 bits per heavy atom. The summed E-state index contributed by atoms with van der Waals surface area (Å²) < 4.78 is 21.3. The van der Waals surface area contributed by atoms with Crippen molar-refractivity contribution in [2.24, 2.45) is 0 Å². The van der Waals surface area contributed by atoms with E-state index >= 15 is 0 Å². The molecule has 1 saturated heterocycles. The van der Waals surface area contributed by atoms with Gasteiger partial charge < -0.3 is 14.2 Å². The van der Waals surface area contributed by atoms with E-state index < -0.39 is 8.07 Å². The van der Waals surface area contributed by atoms with Crippen molar-refractivity contribution in [3.8, 4) is 22.8 Å². The predicted octanol–water partition coefficient (Wildman–Crippen LogP) is 5.13. The van der Waals surface area contributed by atoms with Gasteiger partial charge in [-0.25, -0.2) is 9.20 Å². The molecule has 0 N–H and O–H groups in total. The first-order valence-electron chi connectivity index (χ1n) is 12.6. The van der Waals surface area contributed by atoms with E-state index in [1.165, 1.54) is 0 Å². The molecule has 0 bridgehead atoms. The van der Waals surface area contributed by atoms with Gasteiger partial charge in [0.15, 0.2) is 0 Å². The zero-order chi connectivity index (χ0) is 25.0. The van der Waals surface area contributed by atoms with Crippen LogP contribution in [0.1, 0.15) is 5.69 Å². The molecule has 9 heteroatoms. The van der Waals surface area contributed by atoms with E-state index in [2.05, 4.69) is 47.8 Å². The summed E-state index contributed by atoms with van der Waals surface area (Å²) in [5.41, 5.74) is 4.21. The maximum atomic E-state index is 6.13. The summed E-state index contributed by atoms with van der Waals surface area (Å²) in [7, 11) is -1.10. The number of nitrogens with zero attached hydrogens (tertiary/aromatic N) is 5. The fourth-order valence-electron chi connectivity index (χ4n) is 4.19. The van der Waals surface area contributed by atoms with E-state index in [4.69, 9.17) is 19.3 Å². The molecule has 8 nitrogen and oxygen atoms in total. The third kappa shape index (κ3) is 6.41. The minimum Gasteiger partial charge on any atom is -0.456 e. The van der Waals surface area contributed by atoms with Crippen molar-refractivity contribution >= 4 is 13.6 Å². The average molecular weight is 506 g/mol. The Morgan fingerprint density at radius 1 is 0.972 bits per heavy atom. The number of fused-ring (bicyclic) bond motifs is 1. The summed E-state index contributed by atoms with van der Waals surface area (Å²) in [6, 6.07) is 17.4.